The zero-order valence-electron chi connectivity index (χ0n) is 15.1. The van der Waals surface area contributed by atoms with Crippen LogP contribution in [0, 0.1) is 5.92 Å². The Bertz CT molecular complexity index is 947. The van der Waals surface area contributed by atoms with E-state index in [9.17, 15) is 9.59 Å². The van der Waals surface area contributed by atoms with Gasteiger partial charge in [-0.25, -0.2) is 4.68 Å². The van der Waals surface area contributed by atoms with Crippen molar-refractivity contribution in [2.24, 2.45) is 5.92 Å². The van der Waals surface area contributed by atoms with Crippen LogP contribution in [-0.2, 0) is 17.9 Å². The van der Waals surface area contributed by atoms with Gasteiger partial charge in [0.25, 0.3) is 5.56 Å². The van der Waals surface area contributed by atoms with Crippen molar-refractivity contribution >= 4 is 16.8 Å². The number of nitrogens with zero attached hydrogens (tertiary/aromatic N) is 4. The van der Waals surface area contributed by atoms with Crippen molar-refractivity contribution in [3.8, 4) is 0 Å². The average molecular weight is 354 g/mol. The topological polar surface area (TPSA) is 81.2 Å². The highest BCUT2D eigenvalue weighted by Gasteiger charge is 2.24. The second-order valence-electron chi connectivity index (χ2n) is 6.66. The monoisotopic (exact) mass is 354 g/mol. The summed E-state index contributed by atoms with van der Waals surface area (Å²) in [7, 11) is 0. The second-order valence-corrected chi connectivity index (χ2v) is 6.66. The summed E-state index contributed by atoms with van der Waals surface area (Å²) < 4.78 is 6.50. The molecule has 0 saturated carbocycles. The molecule has 2 heterocycles. The third-order valence-electron chi connectivity index (χ3n) is 4.60. The molecule has 0 radical (unpaired) electrons. The predicted octanol–water partition coefficient (Wildman–Crippen LogP) is 2.46. The van der Waals surface area contributed by atoms with E-state index in [1.807, 2.05) is 13.0 Å². The molecule has 0 N–H and O–H groups in total. The standard InChI is InChI=1S/C19H22N4O3/c1-13(2)14(3)22(11-15-7-6-10-26-15)18(24)12-23-19(25)16-8-4-5-9-17(16)20-21-23/h4-10,13-14H,11-12H2,1-3H3/t14-/m0/s1. The summed E-state index contributed by atoms with van der Waals surface area (Å²) >= 11 is 0. The molecule has 0 fully saturated rings. The smallest absolute Gasteiger partial charge is 0.278 e. The van der Waals surface area contributed by atoms with Crippen LogP contribution in [0.5, 0.6) is 0 Å². The quantitative estimate of drug-likeness (QED) is 0.679. The van der Waals surface area contributed by atoms with E-state index in [0.29, 0.717) is 23.2 Å². The first-order chi connectivity index (χ1) is 12.5. The lowest BCUT2D eigenvalue weighted by molar-refractivity contribution is -0.136. The van der Waals surface area contributed by atoms with Gasteiger partial charge in [0.15, 0.2) is 0 Å². The lowest BCUT2D eigenvalue weighted by Crippen LogP contribution is -2.44. The minimum absolute atomic E-state index is 0.0169. The molecular weight excluding hydrogens is 332 g/mol. The molecule has 0 saturated heterocycles. The summed E-state index contributed by atoms with van der Waals surface area (Å²) in [6.45, 7) is 6.28. The van der Waals surface area contributed by atoms with Crippen LogP contribution in [0.1, 0.15) is 26.5 Å². The lowest BCUT2D eigenvalue weighted by Gasteiger charge is -2.31. The number of hydrogen-bond donors (Lipinski definition) is 0. The van der Waals surface area contributed by atoms with Gasteiger partial charge in [-0.1, -0.05) is 31.2 Å². The Morgan fingerprint density at radius 1 is 1.19 bits per heavy atom. The van der Waals surface area contributed by atoms with E-state index >= 15 is 0 Å². The molecule has 0 bridgehead atoms. The fourth-order valence-corrected chi connectivity index (χ4v) is 2.74. The summed E-state index contributed by atoms with van der Waals surface area (Å²) in [5.41, 5.74) is 0.197. The number of hydrogen-bond acceptors (Lipinski definition) is 5. The van der Waals surface area contributed by atoms with Crippen molar-refractivity contribution in [1.29, 1.82) is 0 Å². The van der Waals surface area contributed by atoms with Crippen molar-refractivity contribution in [1.82, 2.24) is 19.9 Å². The van der Waals surface area contributed by atoms with Crippen LogP contribution in [0.25, 0.3) is 10.9 Å². The van der Waals surface area contributed by atoms with Crippen LogP contribution in [0.2, 0.25) is 0 Å². The first-order valence-electron chi connectivity index (χ1n) is 8.61. The van der Waals surface area contributed by atoms with Gasteiger partial charge in [-0.3, -0.25) is 9.59 Å². The van der Waals surface area contributed by atoms with E-state index < -0.39 is 0 Å². The Labute approximate surface area is 151 Å². The van der Waals surface area contributed by atoms with Gasteiger partial charge in [-0.05, 0) is 37.1 Å². The maximum absolute atomic E-state index is 12.9. The van der Waals surface area contributed by atoms with Crippen molar-refractivity contribution in [3.63, 3.8) is 0 Å². The molecule has 0 aliphatic heterocycles. The molecule has 0 spiro atoms. The van der Waals surface area contributed by atoms with Crippen LogP contribution in [0.15, 0.2) is 51.9 Å². The normalized spacial score (nSPS) is 12.5. The number of carbonyl (C=O) groups excluding carboxylic acids is 1. The zero-order chi connectivity index (χ0) is 18.7. The van der Waals surface area contributed by atoms with Crippen molar-refractivity contribution in [2.45, 2.75) is 39.9 Å². The fourth-order valence-electron chi connectivity index (χ4n) is 2.74. The third-order valence-corrected chi connectivity index (χ3v) is 4.60. The Kier molecular flexibility index (Phi) is 5.16. The number of fused-ring (bicyclic) bond motifs is 1. The lowest BCUT2D eigenvalue weighted by atomic mass is 10.0. The van der Waals surface area contributed by atoms with E-state index in [1.54, 1.807) is 41.5 Å². The molecule has 7 heteroatoms. The maximum atomic E-state index is 12.9. The molecule has 0 aliphatic rings. The largest absolute Gasteiger partial charge is 0.467 e. The van der Waals surface area contributed by atoms with Crippen LogP contribution in [0.4, 0.5) is 0 Å². The van der Waals surface area contributed by atoms with Gasteiger partial charge in [-0.2, -0.15) is 0 Å². The summed E-state index contributed by atoms with van der Waals surface area (Å²) in [6.07, 6.45) is 1.58. The molecular formula is C19H22N4O3. The minimum Gasteiger partial charge on any atom is -0.467 e. The van der Waals surface area contributed by atoms with Crippen LogP contribution in [-0.4, -0.2) is 31.8 Å². The molecule has 3 rings (SSSR count). The van der Waals surface area contributed by atoms with E-state index in [-0.39, 0.29) is 30.0 Å². The molecule has 3 aromatic rings. The number of benzene rings is 1. The summed E-state index contributed by atoms with van der Waals surface area (Å²) in [5, 5.41) is 8.40. The average Bonchev–Trinajstić information content (AvgIpc) is 3.14. The van der Waals surface area contributed by atoms with Crippen LogP contribution < -0.4 is 5.56 Å². The Balaban J connectivity index is 1.87. The van der Waals surface area contributed by atoms with E-state index in [0.717, 1.165) is 4.68 Å². The SMILES string of the molecule is CC(C)[C@H](C)N(Cc1ccco1)C(=O)Cn1nnc2ccccc2c1=O. The fraction of sp³-hybridized carbons (Fsp3) is 0.368. The molecule has 1 atom stereocenters. The first kappa shape index (κ1) is 17.8. The highest BCUT2D eigenvalue weighted by atomic mass is 16.3. The van der Waals surface area contributed by atoms with E-state index in [1.165, 1.54) is 0 Å². The molecule has 7 nitrogen and oxygen atoms in total. The van der Waals surface area contributed by atoms with Crippen molar-refractivity contribution in [3.05, 3.63) is 58.8 Å². The van der Waals surface area contributed by atoms with Gasteiger partial charge in [-0.15, -0.1) is 5.10 Å². The maximum Gasteiger partial charge on any atom is 0.278 e. The molecule has 26 heavy (non-hydrogen) atoms. The van der Waals surface area contributed by atoms with Crippen LogP contribution >= 0.6 is 0 Å². The number of carbonyl (C=O) groups is 1. The van der Waals surface area contributed by atoms with Crippen LogP contribution in [0.3, 0.4) is 0 Å². The third kappa shape index (κ3) is 3.66. The Hall–Kier alpha value is -2.96. The van der Waals surface area contributed by atoms with Gasteiger partial charge >= 0.3 is 0 Å². The second kappa shape index (κ2) is 7.51. The zero-order valence-corrected chi connectivity index (χ0v) is 15.1. The molecule has 0 unspecified atom stereocenters. The number of furan rings is 1. The van der Waals surface area contributed by atoms with Crippen molar-refractivity contribution < 1.29 is 9.21 Å². The molecule has 0 aliphatic carbocycles. The molecule has 1 aromatic carbocycles. The highest BCUT2D eigenvalue weighted by molar-refractivity contribution is 5.78. The molecule has 136 valence electrons. The van der Waals surface area contributed by atoms with Gasteiger partial charge in [0, 0.05) is 6.04 Å². The predicted molar refractivity (Wildman–Crippen MR) is 97.4 cm³/mol. The highest BCUT2D eigenvalue weighted by Crippen LogP contribution is 2.16. The summed E-state index contributed by atoms with van der Waals surface area (Å²) in [5.74, 6) is 0.755. The van der Waals surface area contributed by atoms with E-state index in [4.69, 9.17) is 4.42 Å². The van der Waals surface area contributed by atoms with Gasteiger partial charge in [0.05, 0.1) is 18.2 Å². The Morgan fingerprint density at radius 2 is 1.96 bits per heavy atom. The van der Waals surface area contributed by atoms with E-state index in [2.05, 4.69) is 24.2 Å². The van der Waals surface area contributed by atoms with Crippen molar-refractivity contribution in [2.75, 3.05) is 0 Å². The number of rotatable bonds is 6. The minimum atomic E-state index is -0.320. The van der Waals surface area contributed by atoms with Gasteiger partial charge in [0.2, 0.25) is 5.91 Å². The molecule has 2 aromatic heterocycles. The first-order valence-corrected chi connectivity index (χ1v) is 8.61. The number of amides is 1. The summed E-state index contributed by atoms with van der Waals surface area (Å²) in [6, 6.07) is 10.6. The number of aromatic nitrogens is 3. The summed E-state index contributed by atoms with van der Waals surface area (Å²) in [4.78, 5) is 27.2. The van der Waals surface area contributed by atoms with Gasteiger partial charge in [0.1, 0.15) is 17.8 Å². The Morgan fingerprint density at radius 3 is 2.65 bits per heavy atom. The molecule has 1 amide bonds. The van der Waals surface area contributed by atoms with Gasteiger partial charge < -0.3 is 9.32 Å².